The van der Waals surface area contributed by atoms with Crippen LogP contribution in [0.25, 0.3) is 11.1 Å². The summed E-state index contributed by atoms with van der Waals surface area (Å²) in [6.45, 7) is 2.44. The number of sulfonamides is 1. The van der Waals surface area contributed by atoms with Gasteiger partial charge in [0.1, 0.15) is 0 Å². The smallest absolute Gasteiger partial charge is 0.240 e. The number of aliphatic hydroxyl groups excluding tert-OH is 1. The Kier molecular flexibility index (Phi) is 6.33. The topological polar surface area (TPSA) is 102 Å². The van der Waals surface area contributed by atoms with Crippen molar-refractivity contribution in [3.63, 3.8) is 0 Å². The van der Waals surface area contributed by atoms with Crippen LogP contribution >= 0.6 is 0 Å². The number of aryl methyl sites for hydroxylation is 1. The molecule has 0 amide bonds. The Hall–Kier alpha value is -1.93. The van der Waals surface area contributed by atoms with Crippen LogP contribution in [0, 0.1) is 6.92 Å². The first-order chi connectivity index (χ1) is 11.4. The summed E-state index contributed by atoms with van der Waals surface area (Å²) in [7, 11) is -3.58. The molecule has 24 heavy (non-hydrogen) atoms. The Morgan fingerprint density at radius 2 is 1.83 bits per heavy atom. The third-order valence-corrected chi connectivity index (χ3v) is 4.99. The van der Waals surface area contributed by atoms with Crippen molar-refractivity contribution < 1.29 is 18.3 Å². The van der Waals surface area contributed by atoms with Gasteiger partial charge in [-0.15, -0.1) is 0 Å². The number of ether oxygens (including phenoxy) is 1. The summed E-state index contributed by atoms with van der Waals surface area (Å²) < 4.78 is 31.9. The van der Waals surface area contributed by atoms with Crippen LogP contribution in [0.1, 0.15) is 5.56 Å². The highest BCUT2D eigenvalue weighted by Gasteiger charge is 2.13. The van der Waals surface area contributed by atoms with Crippen LogP contribution in [0.15, 0.2) is 47.4 Å². The molecule has 0 bridgehead atoms. The van der Waals surface area contributed by atoms with Crippen LogP contribution in [0.5, 0.6) is 0 Å². The quantitative estimate of drug-likeness (QED) is 0.495. The van der Waals surface area contributed by atoms with Gasteiger partial charge in [0.2, 0.25) is 10.0 Å². The number of nitrogen functional groups attached to an aromatic ring is 1. The SMILES string of the molecule is Cc1ccc(N)cc1-c1ccc(S(=O)(=O)NCCOCCO)cc1. The minimum atomic E-state index is -3.58. The van der Waals surface area contributed by atoms with Crippen LogP contribution in [-0.4, -0.2) is 39.9 Å². The summed E-state index contributed by atoms with van der Waals surface area (Å²) in [5.41, 5.74) is 9.44. The summed E-state index contributed by atoms with van der Waals surface area (Å²) in [6, 6.07) is 12.3. The number of hydrogen-bond donors (Lipinski definition) is 3. The van der Waals surface area contributed by atoms with E-state index in [1.807, 2.05) is 25.1 Å². The molecule has 6 nitrogen and oxygen atoms in total. The van der Waals surface area contributed by atoms with E-state index in [1.54, 1.807) is 24.3 Å². The van der Waals surface area contributed by atoms with Gasteiger partial charge in [0.15, 0.2) is 0 Å². The predicted octanol–water partition coefficient (Wildman–Crippen LogP) is 1.53. The molecule has 0 aliphatic carbocycles. The summed E-state index contributed by atoms with van der Waals surface area (Å²) in [4.78, 5) is 0.190. The molecule has 0 heterocycles. The first-order valence-electron chi connectivity index (χ1n) is 7.59. The fraction of sp³-hybridized carbons (Fsp3) is 0.294. The van der Waals surface area contributed by atoms with E-state index in [4.69, 9.17) is 15.6 Å². The van der Waals surface area contributed by atoms with Crippen molar-refractivity contribution in [1.82, 2.24) is 4.72 Å². The third-order valence-electron chi connectivity index (χ3n) is 3.51. The predicted molar refractivity (Wildman–Crippen MR) is 94.1 cm³/mol. The molecular formula is C17H22N2O4S. The highest BCUT2D eigenvalue weighted by Crippen LogP contribution is 2.26. The molecule has 2 aromatic carbocycles. The average molecular weight is 350 g/mol. The minimum absolute atomic E-state index is 0.0857. The molecular weight excluding hydrogens is 328 g/mol. The maximum Gasteiger partial charge on any atom is 0.240 e. The molecule has 0 saturated heterocycles. The maximum absolute atomic E-state index is 12.2. The Bertz CT molecular complexity index is 774. The Morgan fingerprint density at radius 3 is 2.50 bits per heavy atom. The minimum Gasteiger partial charge on any atom is -0.399 e. The van der Waals surface area contributed by atoms with Gasteiger partial charge in [-0.05, 0) is 47.9 Å². The van der Waals surface area contributed by atoms with E-state index in [0.717, 1.165) is 16.7 Å². The van der Waals surface area contributed by atoms with Crippen molar-refractivity contribution in [2.75, 3.05) is 32.1 Å². The number of nitrogens with two attached hydrogens (primary N) is 1. The Morgan fingerprint density at radius 1 is 1.12 bits per heavy atom. The highest BCUT2D eigenvalue weighted by molar-refractivity contribution is 7.89. The molecule has 0 spiro atoms. The maximum atomic E-state index is 12.2. The van der Waals surface area contributed by atoms with Gasteiger partial charge in [-0.3, -0.25) is 0 Å². The fourth-order valence-electron chi connectivity index (χ4n) is 2.26. The number of aliphatic hydroxyl groups is 1. The van der Waals surface area contributed by atoms with Crippen LogP contribution in [0.2, 0.25) is 0 Å². The summed E-state index contributed by atoms with van der Waals surface area (Å²) in [5, 5.41) is 8.59. The number of benzene rings is 2. The number of anilines is 1. The van der Waals surface area contributed by atoms with Gasteiger partial charge < -0.3 is 15.6 Å². The molecule has 2 aromatic rings. The highest BCUT2D eigenvalue weighted by atomic mass is 32.2. The summed E-state index contributed by atoms with van der Waals surface area (Å²) in [5.74, 6) is 0. The van der Waals surface area contributed by atoms with Gasteiger partial charge in [0.25, 0.3) is 0 Å². The standard InChI is InChI=1S/C17H22N2O4S/c1-13-2-5-15(18)12-17(13)14-3-6-16(7-4-14)24(21,22)19-8-10-23-11-9-20/h2-7,12,19-20H,8-11,18H2,1H3. The lowest BCUT2D eigenvalue weighted by Crippen LogP contribution is -2.27. The van der Waals surface area contributed by atoms with E-state index < -0.39 is 10.0 Å². The van der Waals surface area contributed by atoms with Crippen molar-refractivity contribution in [1.29, 1.82) is 0 Å². The molecule has 0 aliphatic rings. The normalized spacial score (nSPS) is 11.6. The Balaban J connectivity index is 2.09. The lowest BCUT2D eigenvalue weighted by molar-refractivity contribution is 0.0961. The lowest BCUT2D eigenvalue weighted by atomic mass is 10.0. The molecule has 0 aliphatic heterocycles. The van der Waals surface area contributed by atoms with Crippen molar-refractivity contribution in [3.05, 3.63) is 48.0 Å². The van der Waals surface area contributed by atoms with Crippen molar-refractivity contribution >= 4 is 15.7 Å². The van der Waals surface area contributed by atoms with E-state index >= 15 is 0 Å². The number of rotatable bonds is 8. The van der Waals surface area contributed by atoms with Crippen LogP contribution < -0.4 is 10.5 Å². The molecule has 130 valence electrons. The van der Waals surface area contributed by atoms with Crippen molar-refractivity contribution in [2.24, 2.45) is 0 Å². The molecule has 0 unspecified atom stereocenters. The lowest BCUT2D eigenvalue weighted by Gasteiger charge is -2.10. The first-order valence-corrected chi connectivity index (χ1v) is 9.07. The molecule has 2 rings (SSSR count). The molecule has 0 aromatic heterocycles. The average Bonchev–Trinajstić information content (AvgIpc) is 2.57. The summed E-state index contributed by atoms with van der Waals surface area (Å²) in [6.07, 6.45) is 0. The molecule has 7 heteroatoms. The monoisotopic (exact) mass is 350 g/mol. The summed E-state index contributed by atoms with van der Waals surface area (Å²) >= 11 is 0. The van der Waals surface area contributed by atoms with Gasteiger partial charge in [-0.25, -0.2) is 13.1 Å². The zero-order valence-corrected chi connectivity index (χ0v) is 14.3. The second kappa shape index (κ2) is 8.25. The Labute approximate surface area is 142 Å². The largest absolute Gasteiger partial charge is 0.399 e. The molecule has 0 fully saturated rings. The second-order valence-electron chi connectivity index (χ2n) is 5.33. The molecule has 0 radical (unpaired) electrons. The number of nitrogens with one attached hydrogen (secondary N) is 1. The third kappa shape index (κ3) is 4.78. The van der Waals surface area contributed by atoms with Crippen molar-refractivity contribution in [2.45, 2.75) is 11.8 Å². The second-order valence-corrected chi connectivity index (χ2v) is 7.10. The van der Waals surface area contributed by atoms with Crippen molar-refractivity contribution in [3.8, 4) is 11.1 Å². The van der Waals surface area contributed by atoms with Crippen LogP contribution in [0.3, 0.4) is 0 Å². The van der Waals surface area contributed by atoms with Gasteiger partial charge in [-0.2, -0.15) is 0 Å². The van der Waals surface area contributed by atoms with E-state index in [1.165, 1.54) is 0 Å². The molecule has 0 saturated carbocycles. The molecule has 4 N–H and O–H groups in total. The van der Waals surface area contributed by atoms with Gasteiger partial charge >= 0.3 is 0 Å². The van der Waals surface area contributed by atoms with Gasteiger partial charge in [-0.1, -0.05) is 18.2 Å². The zero-order valence-electron chi connectivity index (χ0n) is 13.5. The van der Waals surface area contributed by atoms with Gasteiger partial charge in [0, 0.05) is 12.2 Å². The van der Waals surface area contributed by atoms with Crippen LogP contribution in [0.4, 0.5) is 5.69 Å². The first kappa shape index (κ1) is 18.4. The van der Waals surface area contributed by atoms with E-state index in [9.17, 15) is 8.42 Å². The molecule has 0 atom stereocenters. The van der Waals surface area contributed by atoms with Crippen LogP contribution in [-0.2, 0) is 14.8 Å². The number of hydrogen-bond acceptors (Lipinski definition) is 5. The van der Waals surface area contributed by atoms with E-state index in [0.29, 0.717) is 5.69 Å². The van der Waals surface area contributed by atoms with E-state index in [2.05, 4.69) is 4.72 Å². The van der Waals surface area contributed by atoms with Gasteiger partial charge in [0.05, 0.1) is 24.7 Å². The van der Waals surface area contributed by atoms with E-state index in [-0.39, 0.29) is 31.3 Å². The fourth-order valence-corrected chi connectivity index (χ4v) is 3.28. The zero-order chi connectivity index (χ0) is 17.6.